The normalized spacial score (nSPS) is 14.0. The molecule has 1 aromatic carbocycles. The molecule has 146 valence electrons. The van der Waals surface area contributed by atoms with Gasteiger partial charge < -0.3 is 10.1 Å². The zero-order chi connectivity index (χ0) is 20.0. The van der Waals surface area contributed by atoms with Crippen molar-refractivity contribution >= 4 is 11.9 Å². The van der Waals surface area contributed by atoms with Crippen LogP contribution < -0.4 is 10.6 Å². The fourth-order valence-electron chi connectivity index (χ4n) is 2.19. The maximum Gasteiger partial charge on any atom is 0.436 e. The highest BCUT2D eigenvalue weighted by molar-refractivity contribution is 5.88. The second-order valence-electron chi connectivity index (χ2n) is 6.06. The molecule has 0 fully saturated rings. The first-order valence-corrected chi connectivity index (χ1v) is 8.07. The number of rotatable bonds is 8. The van der Waals surface area contributed by atoms with Crippen LogP contribution in [0.25, 0.3) is 0 Å². The first-order valence-electron chi connectivity index (χ1n) is 8.07. The summed E-state index contributed by atoms with van der Waals surface area (Å²) in [4.78, 5) is 24.1. The van der Waals surface area contributed by atoms with Crippen molar-refractivity contribution in [3.05, 3.63) is 35.6 Å². The topological polar surface area (TPSA) is 67.4 Å². The van der Waals surface area contributed by atoms with Crippen molar-refractivity contribution in [3.63, 3.8) is 0 Å². The van der Waals surface area contributed by atoms with Crippen molar-refractivity contribution in [2.24, 2.45) is 5.92 Å². The van der Waals surface area contributed by atoms with Gasteiger partial charge in [0.1, 0.15) is 5.82 Å². The molecular formula is C17H22F4N2O3. The maximum atomic E-state index is 13.8. The number of carbonyl (C=O) groups is 2. The van der Waals surface area contributed by atoms with Crippen molar-refractivity contribution in [3.8, 4) is 0 Å². The molecule has 0 heterocycles. The number of ether oxygens (including phenoxy) is 1. The van der Waals surface area contributed by atoms with Crippen LogP contribution in [0.15, 0.2) is 24.3 Å². The number of hydrogen-bond donors (Lipinski definition) is 2. The van der Waals surface area contributed by atoms with Gasteiger partial charge in [-0.2, -0.15) is 13.2 Å². The predicted molar refractivity (Wildman–Crippen MR) is 86.3 cm³/mol. The van der Waals surface area contributed by atoms with Crippen molar-refractivity contribution in [2.45, 2.75) is 45.6 Å². The molecular weight excluding hydrogens is 356 g/mol. The lowest BCUT2D eigenvalue weighted by atomic mass is 10.1. The lowest BCUT2D eigenvalue weighted by Gasteiger charge is -2.35. The predicted octanol–water partition coefficient (Wildman–Crippen LogP) is 2.90. The average Bonchev–Trinajstić information content (AvgIpc) is 2.51. The standard InChI is InChI=1S/C17H22F4N2O3/c1-4-26-15(25)16(17(19,20)21,23-14(24)9-11(2)3)22-10-12-7-5-6-8-13(12)18/h5-8,11,22H,4,9-10H2,1-3H3,(H,23,24). The van der Waals surface area contributed by atoms with E-state index in [0.717, 1.165) is 6.07 Å². The Kier molecular flexibility index (Phi) is 7.55. The molecule has 0 aliphatic heterocycles. The Bertz CT molecular complexity index is 635. The van der Waals surface area contributed by atoms with Gasteiger partial charge in [0.15, 0.2) is 0 Å². The molecule has 0 bridgehead atoms. The molecule has 1 aromatic rings. The third-order valence-corrected chi connectivity index (χ3v) is 3.43. The Labute approximate surface area is 149 Å². The third-order valence-electron chi connectivity index (χ3n) is 3.43. The molecule has 0 saturated heterocycles. The van der Waals surface area contributed by atoms with E-state index in [0.29, 0.717) is 0 Å². The van der Waals surface area contributed by atoms with Gasteiger partial charge >= 0.3 is 12.1 Å². The van der Waals surface area contributed by atoms with Crippen LogP contribution in [0.5, 0.6) is 0 Å². The van der Waals surface area contributed by atoms with E-state index in [-0.39, 0.29) is 24.5 Å². The number of benzene rings is 1. The molecule has 2 N–H and O–H groups in total. The largest absolute Gasteiger partial charge is 0.463 e. The summed E-state index contributed by atoms with van der Waals surface area (Å²) in [6.45, 7) is 3.66. The lowest BCUT2D eigenvalue weighted by Crippen LogP contribution is -2.72. The Morgan fingerprint density at radius 3 is 2.31 bits per heavy atom. The van der Waals surface area contributed by atoms with Crippen LogP contribution >= 0.6 is 0 Å². The third kappa shape index (κ3) is 5.42. The highest BCUT2D eigenvalue weighted by atomic mass is 19.4. The summed E-state index contributed by atoms with van der Waals surface area (Å²) < 4.78 is 59.6. The van der Waals surface area contributed by atoms with Gasteiger partial charge in [-0.1, -0.05) is 32.0 Å². The van der Waals surface area contributed by atoms with Gasteiger partial charge in [0.2, 0.25) is 5.91 Å². The summed E-state index contributed by atoms with van der Waals surface area (Å²) in [5.74, 6) is -3.66. The van der Waals surface area contributed by atoms with E-state index in [4.69, 9.17) is 0 Å². The zero-order valence-electron chi connectivity index (χ0n) is 14.7. The second kappa shape index (κ2) is 8.98. The maximum absolute atomic E-state index is 13.8. The minimum Gasteiger partial charge on any atom is -0.463 e. The summed E-state index contributed by atoms with van der Waals surface area (Å²) in [5, 5.41) is 3.65. The molecule has 1 amide bonds. The van der Waals surface area contributed by atoms with Gasteiger partial charge in [0.05, 0.1) is 6.61 Å². The number of esters is 1. The van der Waals surface area contributed by atoms with Crippen LogP contribution in [-0.4, -0.2) is 30.3 Å². The molecule has 0 aromatic heterocycles. The summed E-state index contributed by atoms with van der Waals surface area (Å²) in [5.41, 5.74) is -3.57. The van der Waals surface area contributed by atoms with E-state index >= 15 is 0 Å². The molecule has 1 unspecified atom stereocenters. The van der Waals surface area contributed by atoms with Crippen molar-refractivity contribution in [1.29, 1.82) is 0 Å². The van der Waals surface area contributed by atoms with Crippen molar-refractivity contribution < 1.29 is 31.9 Å². The Morgan fingerprint density at radius 1 is 1.19 bits per heavy atom. The molecule has 0 radical (unpaired) electrons. The van der Waals surface area contributed by atoms with Gasteiger partial charge in [-0.15, -0.1) is 0 Å². The summed E-state index contributed by atoms with van der Waals surface area (Å²) in [6, 6.07) is 5.17. The van der Waals surface area contributed by atoms with Crippen molar-refractivity contribution in [1.82, 2.24) is 10.6 Å². The van der Waals surface area contributed by atoms with Gasteiger partial charge in [-0.3, -0.25) is 10.1 Å². The molecule has 0 aliphatic carbocycles. The number of halogens is 4. The quantitative estimate of drug-likeness (QED) is 0.415. The molecule has 5 nitrogen and oxygen atoms in total. The number of carbonyl (C=O) groups excluding carboxylic acids is 2. The van der Waals surface area contributed by atoms with E-state index in [1.165, 1.54) is 25.1 Å². The first kappa shape index (κ1) is 21.9. The van der Waals surface area contributed by atoms with E-state index < -0.39 is 36.1 Å². The Morgan fingerprint density at radius 2 is 1.81 bits per heavy atom. The van der Waals surface area contributed by atoms with E-state index in [1.807, 2.05) is 5.32 Å². The fraction of sp³-hybridized carbons (Fsp3) is 0.529. The minimum absolute atomic E-state index is 0.0940. The lowest BCUT2D eigenvalue weighted by molar-refractivity contribution is -0.222. The Balaban J connectivity index is 3.21. The number of nitrogens with one attached hydrogen (secondary N) is 2. The SMILES string of the molecule is CCOC(=O)C(NCc1ccccc1F)(NC(=O)CC(C)C)C(F)(F)F. The van der Waals surface area contributed by atoms with Crippen LogP contribution in [0.4, 0.5) is 17.6 Å². The summed E-state index contributed by atoms with van der Waals surface area (Å²) in [7, 11) is 0. The second-order valence-corrected chi connectivity index (χ2v) is 6.06. The number of alkyl halides is 3. The highest BCUT2D eigenvalue weighted by Crippen LogP contribution is 2.30. The molecule has 0 spiro atoms. The Hall–Kier alpha value is -2.16. The average molecular weight is 378 g/mol. The van der Waals surface area contributed by atoms with Crippen LogP contribution in [0.1, 0.15) is 32.8 Å². The van der Waals surface area contributed by atoms with Crippen LogP contribution in [-0.2, 0) is 20.9 Å². The molecule has 0 saturated carbocycles. The van der Waals surface area contributed by atoms with E-state index in [2.05, 4.69) is 4.74 Å². The van der Waals surface area contributed by atoms with Gasteiger partial charge in [0.25, 0.3) is 5.66 Å². The molecule has 9 heteroatoms. The smallest absolute Gasteiger partial charge is 0.436 e. The number of hydrogen-bond acceptors (Lipinski definition) is 4. The van der Waals surface area contributed by atoms with Gasteiger partial charge in [0, 0.05) is 18.5 Å². The molecule has 26 heavy (non-hydrogen) atoms. The van der Waals surface area contributed by atoms with Crippen LogP contribution in [0.2, 0.25) is 0 Å². The summed E-state index contributed by atoms with van der Waals surface area (Å²) in [6.07, 6.45) is -5.43. The minimum atomic E-state index is -5.21. The summed E-state index contributed by atoms with van der Waals surface area (Å²) >= 11 is 0. The molecule has 1 atom stereocenters. The van der Waals surface area contributed by atoms with Crippen molar-refractivity contribution in [2.75, 3.05) is 6.61 Å². The molecule has 0 aliphatic rings. The van der Waals surface area contributed by atoms with Gasteiger partial charge in [-0.25, -0.2) is 9.18 Å². The van der Waals surface area contributed by atoms with E-state index in [9.17, 15) is 27.2 Å². The van der Waals surface area contributed by atoms with Crippen LogP contribution in [0.3, 0.4) is 0 Å². The van der Waals surface area contributed by atoms with Gasteiger partial charge in [-0.05, 0) is 18.9 Å². The number of amides is 1. The first-order chi connectivity index (χ1) is 12.0. The highest BCUT2D eigenvalue weighted by Gasteiger charge is 2.63. The molecule has 1 rings (SSSR count). The monoisotopic (exact) mass is 378 g/mol. The fourth-order valence-corrected chi connectivity index (χ4v) is 2.19. The zero-order valence-corrected chi connectivity index (χ0v) is 14.7. The van der Waals surface area contributed by atoms with E-state index in [1.54, 1.807) is 19.2 Å². The van der Waals surface area contributed by atoms with Crippen LogP contribution in [0, 0.1) is 11.7 Å².